The smallest absolute Gasteiger partial charge is 0.146 e. The number of hydrazone groups is 1. The van der Waals surface area contributed by atoms with Crippen LogP contribution in [0.2, 0.25) is 0 Å². The van der Waals surface area contributed by atoms with E-state index in [0.717, 1.165) is 35.5 Å². The van der Waals surface area contributed by atoms with Crippen LogP contribution in [0.25, 0.3) is 10.9 Å². The number of hydrogen-bond acceptors (Lipinski definition) is 3. The summed E-state index contributed by atoms with van der Waals surface area (Å²) in [5.74, 6) is 1.59. The first-order valence-electron chi connectivity index (χ1n) is 6.98. The molecule has 0 aliphatic heterocycles. The quantitative estimate of drug-likeness (QED) is 0.814. The molecule has 19 heavy (non-hydrogen) atoms. The Kier molecular flexibility index (Phi) is 3.45. The summed E-state index contributed by atoms with van der Waals surface area (Å²) in [6.45, 7) is 2.29. The Morgan fingerprint density at radius 1 is 1.21 bits per heavy atom. The van der Waals surface area contributed by atoms with Crippen LogP contribution >= 0.6 is 0 Å². The molecule has 1 atom stereocenters. The third-order valence-corrected chi connectivity index (χ3v) is 3.67. The molecule has 0 radical (unpaired) electrons. The van der Waals surface area contributed by atoms with Gasteiger partial charge in [-0.1, -0.05) is 25.1 Å². The average molecular weight is 253 g/mol. The highest BCUT2D eigenvalue weighted by Crippen LogP contribution is 2.21. The molecule has 0 spiro atoms. The van der Waals surface area contributed by atoms with Crippen molar-refractivity contribution in [3.63, 3.8) is 0 Å². The van der Waals surface area contributed by atoms with E-state index in [1.54, 1.807) is 0 Å². The SMILES string of the molecule is C[C@@H]1CCC/C(=N\Nc2ccc3ccccc3n2)C1. The molecule has 1 saturated carbocycles. The highest BCUT2D eigenvalue weighted by atomic mass is 15.3. The van der Waals surface area contributed by atoms with E-state index in [4.69, 9.17) is 0 Å². The summed E-state index contributed by atoms with van der Waals surface area (Å²) >= 11 is 0. The van der Waals surface area contributed by atoms with E-state index in [9.17, 15) is 0 Å². The number of hydrogen-bond donors (Lipinski definition) is 1. The van der Waals surface area contributed by atoms with E-state index in [0.29, 0.717) is 0 Å². The molecule has 1 N–H and O–H groups in total. The van der Waals surface area contributed by atoms with E-state index in [2.05, 4.69) is 34.6 Å². The molecule has 3 rings (SSSR count). The first-order chi connectivity index (χ1) is 9.31. The first kappa shape index (κ1) is 12.2. The fourth-order valence-electron chi connectivity index (χ4n) is 2.63. The van der Waals surface area contributed by atoms with Crippen molar-refractivity contribution in [3.8, 4) is 0 Å². The average Bonchev–Trinajstić information content (AvgIpc) is 2.45. The summed E-state index contributed by atoms with van der Waals surface area (Å²) in [5, 5.41) is 5.67. The Labute approximate surface area is 113 Å². The molecule has 3 nitrogen and oxygen atoms in total. The lowest BCUT2D eigenvalue weighted by atomic mass is 9.89. The number of nitrogens with zero attached hydrogens (tertiary/aromatic N) is 2. The van der Waals surface area contributed by atoms with Crippen molar-refractivity contribution in [1.29, 1.82) is 0 Å². The first-order valence-corrected chi connectivity index (χ1v) is 6.98. The Balaban J connectivity index is 1.76. The maximum Gasteiger partial charge on any atom is 0.146 e. The number of benzene rings is 1. The lowest BCUT2D eigenvalue weighted by molar-refractivity contribution is 0.500. The largest absolute Gasteiger partial charge is 0.261 e. The monoisotopic (exact) mass is 253 g/mol. The zero-order chi connectivity index (χ0) is 13.1. The number of anilines is 1. The van der Waals surface area contributed by atoms with Crippen molar-refractivity contribution >= 4 is 22.4 Å². The highest BCUT2D eigenvalue weighted by molar-refractivity contribution is 5.86. The lowest BCUT2D eigenvalue weighted by Crippen LogP contribution is -2.14. The second kappa shape index (κ2) is 5.39. The van der Waals surface area contributed by atoms with Crippen molar-refractivity contribution in [2.45, 2.75) is 32.6 Å². The van der Waals surface area contributed by atoms with Gasteiger partial charge >= 0.3 is 0 Å². The molecule has 1 heterocycles. The van der Waals surface area contributed by atoms with Crippen molar-refractivity contribution in [3.05, 3.63) is 36.4 Å². The topological polar surface area (TPSA) is 37.3 Å². The minimum Gasteiger partial charge on any atom is -0.261 e. The summed E-state index contributed by atoms with van der Waals surface area (Å²) in [7, 11) is 0. The number of rotatable bonds is 2. The molecule has 3 heteroatoms. The zero-order valence-corrected chi connectivity index (χ0v) is 11.3. The third kappa shape index (κ3) is 2.92. The molecule has 2 aromatic rings. The van der Waals surface area contributed by atoms with Gasteiger partial charge in [-0.25, -0.2) is 4.98 Å². The second-order valence-corrected chi connectivity index (χ2v) is 5.38. The van der Waals surface area contributed by atoms with Gasteiger partial charge in [0.25, 0.3) is 0 Å². The van der Waals surface area contributed by atoms with Crippen LogP contribution in [0.1, 0.15) is 32.6 Å². The number of nitrogens with one attached hydrogen (secondary N) is 1. The molecular formula is C16H19N3. The van der Waals surface area contributed by atoms with Gasteiger partial charge in [-0.3, -0.25) is 5.43 Å². The van der Waals surface area contributed by atoms with Crippen LogP contribution in [0.15, 0.2) is 41.5 Å². The van der Waals surface area contributed by atoms with Gasteiger partial charge in [-0.15, -0.1) is 0 Å². The van der Waals surface area contributed by atoms with Crippen molar-refractivity contribution in [2.24, 2.45) is 11.0 Å². The molecule has 0 amide bonds. The maximum atomic E-state index is 4.56. The van der Waals surface area contributed by atoms with E-state index in [1.165, 1.54) is 18.6 Å². The van der Waals surface area contributed by atoms with Crippen LogP contribution in [0, 0.1) is 5.92 Å². The summed E-state index contributed by atoms with van der Waals surface area (Å²) in [6, 6.07) is 12.2. The minimum absolute atomic E-state index is 0.763. The zero-order valence-electron chi connectivity index (χ0n) is 11.3. The summed E-state index contributed by atoms with van der Waals surface area (Å²) in [6.07, 6.45) is 4.81. The Morgan fingerprint density at radius 2 is 2.11 bits per heavy atom. The van der Waals surface area contributed by atoms with Crippen LogP contribution < -0.4 is 5.43 Å². The van der Waals surface area contributed by atoms with Gasteiger partial charge in [0.1, 0.15) is 5.82 Å². The Hall–Kier alpha value is -1.90. The predicted octanol–water partition coefficient (Wildman–Crippen LogP) is 4.21. The Morgan fingerprint density at radius 3 is 3.00 bits per heavy atom. The Bertz CT molecular complexity index is 604. The van der Waals surface area contributed by atoms with E-state index in [1.807, 2.05) is 24.3 Å². The van der Waals surface area contributed by atoms with Crippen molar-refractivity contribution < 1.29 is 0 Å². The van der Waals surface area contributed by atoms with Crippen LogP contribution in [0.3, 0.4) is 0 Å². The molecule has 1 aromatic heterocycles. The molecule has 1 aliphatic carbocycles. The van der Waals surface area contributed by atoms with Crippen LogP contribution in [0.5, 0.6) is 0 Å². The van der Waals surface area contributed by atoms with Gasteiger partial charge in [0.05, 0.1) is 5.52 Å². The molecular weight excluding hydrogens is 234 g/mol. The standard InChI is InChI=1S/C16H19N3/c1-12-5-4-7-14(11-12)18-19-16-10-9-13-6-2-3-8-15(13)17-16/h2-3,6,8-10,12H,4-5,7,11H2,1H3,(H,17,19)/b18-14+/t12-/m1/s1. The summed E-state index contributed by atoms with van der Waals surface area (Å²) in [5.41, 5.74) is 5.38. The van der Waals surface area contributed by atoms with Crippen LogP contribution in [-0.4, -0.2) is 10.7 Å². The molecule has 0 saturated heterocycles. The molecule has 1 fully saturated rings. The van der Waals surface area contributed by atoms with Crippen molar-refractivity contribution in [1.82, 2.24) is 4.98 Å². The van der Waals surface area contributed by atoms with E-state index >= 15 is 0 Å². The fraction of sp³-hybridized carbons (Fsp3) is 0.375. The third-order valence-electron chi connectivity index (χ3n) is 3.67. The fourth-order valence-corrected chi connectivity index (χ4v) is 2.63. The molecule has 1 aliphatic rings. The summed E-state index contributed by atoms with van der Waals surface area (Å²) < 4.78 is 0. The molecule has 98 valence electrons. The lowest BCUT2D eigenvalue weighted by Gasteiger charge is -2.19. The van der Waals surface area contributed by atoms with Crippen LogP contribution in [-0.2, 0) is 0 Å². The van der Waals surface area contributed by atoms with Gasteiger partial charge in [0.15, 0.2) is 0 Å². The van der Waals surface area contributed by atoms with Gasteiger partial charge in [0.2, 0.25) is 0 Å². The van der Waals surface area contributed by atoms with Crippen molar-refractivity contribution in [2.75, 3.05) is 5.43 Å². The molecule has 0 unspecified atom stereocenters. The van der Waals surface area contributed by atoms with Gasteiger partial charge in [-0.05, 0) is 49.8 Å². The predicted molar refractivity (Wildman–Crippen MR) is 80.4 cm³/mol. The number of fused-ring (bicyclic) bond motifs is 1. The number of aromatic nitrogens is 1. The van der Waals surface area contributed by atoms with Gasteiger partial charge < -0.3 is 0 Å². The van der Waals surface area contributed by atoms with Crippen LogP contribution in [0.4, 0.5) is 5.82 Å². The van der Waals surface area contributed by atoms with Gasteiger partial charge in [0, 0.05) is 11.1 Å². The van der Waals surface area contributed by atoms with E-state index in [-0.39, 0.29) is 0 Å². The van der Waals surface area contributed by atoms with Gasteiger partial charge in [-0.2, -0.15) is 5.10 Å². The number of pyridine rings is 1. The molecule has 1 aromatic carbocycles. The normalized spacial score (nSPS) is 21.7. The van der Waals surface area contributed by atoms with E-state index < -0.39 is 0 Å². The minimum atomic E-state index is 0.763. The summed E-state index contributed by atoms with van der Waals surface area (Å²) in [4.78, 5) is 4.56. The maximum absolute atomic E-state index is 4.56. The number of para-hydroxylation sites is 1. The molecule has 0 bridgehead atoms. The highest BCUT2D eigenvalue weighted by Gasteiger charge is 2.13. The second-order valence-electron chi connectivity index (χ2n) is 5.38.